The fourth-order valence-electron chi connectivity index (χ4n) is 3.13. The first-order valence-electron chi connectivity index (χ1n) is 7.31. The minimum atomic E-state index is -0.0889. The molecule has 1 fully saturated rings. The van der Waals surface area contributed by atoms with Gasteiger partial charge < -0.3 is 9.88 Å². The predicted molar refractivity (Wildman–Crippen MR) is 72.5 cm³/mol. The van der Waals surface area contributed by atoms with Crippen LogP contribution in [-0.4, -0.2) is 39.9 Å². The number of imidazole rings is 1. The number of aromatic nitrogens is 2. The van der Waals surface area contributed by atoms with Gasteiger partial charge in [-0.25, -0.2) is 4.98 Å². The number of piperidine rings is 1. The molecule has 0 radical (unpaired) electrons. The first kappa shape index (κ1) is 12.7. The van der Waals surface area contributed by atoms with Gasteiger partial charge in [0.1, 0.15) is 0 Å². The lowest BCUT2D eigenvalue weighted by molar-refractivity contribution is -0.135. The first-order valence-corrected chi connectivity index (χ1v) is 7.31. The molecule has 0 bridgehead atoms. The smallest absolute Gasteiger partial charge is 0.240 e. The normalized spacial score (nSPS) is 24.3. The van der Waals surface area contributed by atoms with Gasteiger partial charge in [-0.2, -0.15) is 0 Å². The number of H-pyrrole nitrogens is 1. The monoisotopic (exact) mass is 262 g/mol. The van der Waals surface area contributed by atoms with Crippen molar-refractivity contribution in [1.82, 2.24) is 20.2 Å². The summed E-state index contributed by atoms with van der Waals surface area (Å²) in [7, 11) is 0. The van der Waals surface area contributed by atoms with Crippen LogP contribution in [0.5, 0.6) is 0 Å². The highest BCUT2D eigenvalue weighted by Crippen LogP contribution is 2.21. The van der Waals surface area contributed by atoms with Crippen molar-refractivity contribution < 1.29 is 4.79 Å². The second kappa shape index (κ2) is 5.33. The molecule has 1 saturated heterocycles. The van der Waals surface area contributed by atoms with Crippen molar-refractivity contribution in [3.63, 3.8) is 0 Å². The number of hydrogen-bond donors (Lipinski definition) is 2. The molecule has 1 unspecified atom stereocenters. The second-order valence-corrected chi connectivity index (χ2v) is 5.64. The molecular weight excluding hydrogens is 240 g/mol. The van der Waals surface area contributed by atoms with Crippen molar-refractivity contribution in [3.05, 3.63) is 17.7 Å². The number of nitrogens with zero attached hydrogens (tertiary/aromatic N) is 2. The molecule has 5 heteroatoms. The maximum Gasteiger partial charge on any atom is 0.240 e. The van der Waals surface area contributed by atoms with Crippen molar-refractivity contribution in [3.8, 4) is 0 Å². The number of hydrogen-bond acceptors (Lipinski definition) is 3. The van der Waals surface area contributed by atoms with Gasteiger partial charge in [0.05, 0.1) is 23.8 Å². The van der Waals surface area contributed by atoms with Crippen molar-refractivity contribution in [1.29, 1.82) is 0 Å². The number of aromatic amines is 1. The number of fused-ring (bicyclic) bond motifs is 1. The Labute approximate surface area is 113 Å². The average molecular weight is 262 g/mol. The third-order valence-corrected chi connectivity index (χ3v) is 4.53. The van der Waals surface area contributed by atoms with Crippen LogP contribution < -0.4 is 5.32 Å². The standard InChI is InChI=1S/C14H22N4O/c1-2-10-3-5-18(6-4-10)14(19)12-7-11-13(8-15-12)17-9-16-11/h9-10,12,15H,2-8H2,1H3,(H,16,17). The van der Waals surface area contributed by atoms with E-state index in [-0.39, 0.29) is 11.9 Å². The van der Waals surface area contributed by atoms with E-state index in [0.29, 0.717) is 6.42 Å². The minimum Gasteiger partial charge on any atom is -0.347 e. The highest BCUT2D eigenvalue weighted by atomic mass is 16.2. The molecule has 19 heavy (non-hydrogen) atoms. The molecule has 0 aliphatic carbocycles. The van der Waals surface area contributed by atoms with Gasteiger partial charge in [-0.05, 0) is 18.8 Å². The summed E-state index contributed by atoms with van der Waals surface area (Å²) in [5.74, 6) is 1.06. The Kier molecular flexibility index (Phi) is 3.55. The van der Waals surface area contributed by atoms with E-state index < -0.39 is 0 Å². The number of amides is 1. The molecule has 3 heterocycles. The molecule has 0 saturated carbocycles. The zero-order valence-electron chi connectivity index (χ0n) is 11.5. The number of nitrogens with one attached hydrogen (secondary N) is 2. The van der Waals surface area contributed by atoms with Crippen LogP contribution in [0.3, 0.4) is 0 Å². The minimum absolute atomic E-state index is 0.0889. The van der Waals surface area contributed by atoms with Crippen LogP contribution >= 0.6 is 0 Å². The molecule has 1 amide bonds. The highest BCUT2D eigenvalue weighted by molar-refractivity contribution is 5.82. The van der Waals surface area contributed by atoms with E-state index in [1.54, 1.807) is 6.33 Å². The Hall–Kier alpha value is -1.36. The Balaban J connectivity index is 1.60. The van der Waals surface area contributed by atoms with Crippen LogP contribution in [0.25, 0.3) is 0 Å². The summed E-state index contributed by atoms with van der Waals surface area (Å²) in [6.45, 7) is 4.80. The van der Waals surface area contributed by atoms with E-state index in [1.165, 1.54) is 6.42 Å². The van der Waals surface area contributed by atoms with Crippen LogP contribution in [0, 0.1) is 5.92 Å². The number of carbonyl (C=O) groups excluding carboxylic acids is 1. The van der Waals surface area contributed by atoms with Gasteiger partial charge in [-0.3, -0.25) is 10.1 Å². The van der Waals surface area contributed by atoms with E-state index in [2.05, 4.69) is 22.2 Å². The van der Waals surface area contributed by atoms with Crippen LogP contribution in [0.4, 0.5) is 0 Å². The first-order chi connectivity index (χ1) is 9.28. The average Bonchev–Trinajstić information content (AvgIpc) is 2.94. The Morgan fingerprint density at radius 2 is 2.26 bits per heavy atom. The van der Waals surface area contributed by atoms with Gasteiger partial charge in [0.15, 0.2) is 0 Å². The fourth-order valence-corrected chi connectivity index (χ4v) is 3.13. The highest BCUT2D eigenvalue weighted by Gasteiger charge is 2.31. The topological polar surface area (TPSA) is 61.0 Å². The van der Waals surface area contributed by atoms with Crippen LogP contribution in [0.1, 0.15) is 37.6 Å². The molecule has 3 rings (SSSR count). The lowest BCUT2D eigenvalue weighted by Crippen LogP contribution is -2.51. The molecule has 1 aromatic heterocycles. The molecule has 5 nitrogen and oxygen atoms in total. The Morgan fingerprint density at radius 1 is 1.47 bits per heavy atom. The van der Waals surface area contributed by atoms with Gasteiger partial charge in [-0.1, -0.05) is 13.3 Å². The number of likely N-dealkylation sites (tertiary alicyclic amines) is 1. The van der Waals surface area contributed by atoms with E-state index >= 15 is 0 Å². The molecule has 2 N–H and O–H groups in total. The second-order valence-electron chi connectivity index (χ2n) is 5.64. The molecule has 0 spiro atoms. The van der Waals surface area contributed by atoms with E-state index in [4.69, 9.17) is 0 Å². The molecule has 2 aliphatic heterocycles. The maximum absolute atomic E-state index is 12.5. The third kappa shape index (κ3) is 2.52. The van der Waals surface area contributed by atoms with Gasteiger partial charge >= 0.3 is 0 Å². The van der Waals surface area contributed by atoms with Crippen molar-refractivity contribution in [2.45, 2.75) is 45.2 Å². The predicted octanol–water partition coefficient (Wildman–Crippen LogP) is 1.07. The van der Waals surface area contributed by atoms with Crippen LogP contribution in [-0.2, 0) is 17.8 Å². The van der Waals surface area contributed by atoms with Crippen molar-refractivity contribution >= 4 is 5.91 Å². The number of rotatable bonds is 2. The zero-order chi connectivity index (χ0) is 13.2. The van der Waals surface area contributed by atoms with Gasteiger partial charge in [0.25, 0.3) is 0 Å². The molecule has 1 aromatic rings. The molecule has 104 valence electrons. The summed E-state index contributed by atoms with van der Waals surface area (Å²) in [5, 5.41) is 3.32. The maximum atomic E-state index is 12.5. The lowest BCUT2D eigenvalue weighted by atomic mass is 9.93. The largest absolute Gasteiger partial charge is 0.347 e. The van der Waals surface area contributed by atoms with Gasteiger partial charge in [0.2, 0.25) is 5.91 Å². The summed E-state index contributed by atoms with van der Waals surface area (Å²) in [4.78, 5) is 21.9. The summed E-state index contributed by atoms with van der Waals surface area (Å²) in [5.41, 5.74) is 2.16. The molecular formula is C14H22N4O. The molecule has 2 aliphatic rings. The van der Waals surface area contributed by atoms with Crippen LogP contribution in [0.2, 0.25) is 0 Å². The van der Waals surface area contributed by atoms with E-state index in [1.807, 2.05) is 4.90 Å². The fraction of sp³-hybridized carbons (Fsp3) is 0.714. The van der Waals surface area contributed by atoms with E-state index in [0.717, 1.165) is 49.8 Å². The summed E-state index contributed by atoms with van der Waals surface area (Å²) in [6, 6.07) is -0.0889. The summed E-state index contributed by atoms with van der Waals surface area (Å²) < 4.78 is 0. The van der Waals surface area contributed by atoms with Crippen LogP contribution in [0.15, 0.2) is 6.33 Å². The lowest BCUT2D eigenvalue weighted by Gasteiger charge is -2.35. The van der Waals surface area contributed by atoms with Crippen molar-refractivity contribution in [2.75, 3.05) is 13.1 Å². The Morgan fingerprint density at radius 3 is 3.00 bits per heavy atom. The summed E-state index contributed by atoms with van der Waals surface area (Å²) in [6.07, 6.45) is 5.98. The van der Waals surface area contributed by atoms with Gasteiger partial charge in [-0.15, -0.1) is 0 Å². The third-order valence-electron chi connectivity index (χ3n) is 4.53. The molecule has 1 atom stereocenters. The summed E-state index contributed by atoms with van der Waals surface area (Å²) >= 11 is 0. The van der Waals surface area contributed by atoms with E-state index in [9.17, 15) is 4.79 Å². The quantitative estimate of drug-likeness (QED) is 0.838. The SMILES string of the molecule is CCC1CCN(C(=O)C2Cc3nc[nH]c3CN2)CC1. The van der Waals surface area contributed by atoms with Crippen molar-refractivity contribution in [2.24, 2.45) is 5.92 Å². The number of carbonyl (C=O) groups is 1. The molecule has 0 aromatic carbocycles. The van der Waals surface area contributed by atoms with Gasteiger partial charge in [0, 0.05) is 26.1 Å². The Bertz CT molecular complexity index is 448. The zero-order valence-corrected chi connectivity index (χ0v) is 11.5.